The first-order valence-electron chi connectivity index (χ1n) is 10.5. The van der Waals surface area contributed by atoms with Crippen LogP contribution in [0.2, 0.25) is 0 Å². The molecule has 0 saturated heterocycles. The van der Waals surface area contributed by atoms with E-state index in [9.17, 15) is 19.7 Å². The number of benzene rings is 2. The van der Waals surface area contributed by atoms with E-state index in [4.69, 9.17) is 21.7 Å². The van der Waals surface area contributed by atoms with Crippen LogP contribution in [0.3, 0.4) is 0 Å². The van der Waals surface area contributed by atoms with Gasteiger partial charge in [-0.2, -0.15) is 0 Å². The number of rotatable bonds is 8. The Labute approximate surface area is 206 Å². The summed E-state index contributed by atoms with van der Waals surface area (Å²) in [6.45, 7) is 2.28. The molecule has 180 valence electrons. The third kappa shape index (κ3) is 6.36. The van der Waals surface area contributed by atoms with E-state index in [1.165, 1.54) is 19.2 Å². The molecule has 0 saturated carbocycles. The van der Waals surface area contributed by atoms with E-state index < -0.39 is 16.8 Å². The van der Waals surface area contributed by atoms with Gasteiger partial charge in [0.25, 0.3) is 5.91 Å². The normalized spacial score (nSPS) is 10.2. The Morgan fingerprint density at radius 1 is 1.09 bits per heavy atom. The largest absolute Gasteiger partial charge is 0.490 e. The first-order chi connectivity index (χ1) is 16.8. The third-order valence-electron chi connectivity index (χ3n) is 4.88. The van der Waals surface area contributed by atoms with Crippen LogP contribution in [-0.4, -0.2) is 40.6 Å². The number of nitrogens with zero attached hydrogens (tertiary/aromatic N) is 3. The van der Waals surface area contributed by atoms with Crippen molar-refractivity contribution in [1.29, 1.82) is 0 Å². The number of anilines is 1. The lowest BCUT2D eigenvalue weighted by Crippen LogP contribution is -2.42. The van der Waals surface area contributed by atoms with E-state index in [-0.39, 0.29) is 28.7 Å². The van der Waals surface area contributed by atoms with Crippen molar-refractivity contribution < 1.29 is 24.0 Å². The zero-order chi connectivity index (χ0) is 25.4. The summed E-state index contributed by atoms with van der Waals surface area (Å²) in [5.74, 6) is -1.03. The zero-order valence-corrected chi connectivity index (χ0v) is 19.8. The Kier molecular flexibility index (Phi) is 8.41. The summed E-state index contributed by atoms with van der Waals surface area (Å²) in [7, 11) is 1.31. The molecule has 1 heterocycles. The van der Waals surface area contributed by atoms with E-state index >= 15 is 0 Å². The molecule has 1 aromatic heterocycles. The highest BCUT2D eigenvalue weighted by atomic mass is 32.1. The Morgan fingerprint density at radius 3 is 2.34 bits per heavy atom. The smallest absolute Gasteiger partial charge is 0.338 e. The second-order valence-electron chi connectivity index (χ2n) is 7.11. The fraction of sp³-hybridized carbons (Fsp3) is 0.167. The lowest BCUT2D eigenvalue weighted by Gasteiger charge is -2.26. The number of amides is 1. The molecule has 10 nitrogen and oxygen atoms in total. The highest BCUT2D eigenvalue weighted by Crippen LogP contribution is 2.27. The Bertz CT molecular complexity index is 1230. The van der Waals surface area contributed by atoms with Crippen molar-refractivity contribution in [3.05, 3.63) is 93.8 Å². The molecule has 2 aromatic carbocycles. The number of aromatic nitrogens is 1. The van der Waals surface area contributed by atoms with Crippen molar-refractivity contribution in [3.8, 4) is 5.75 Å². The van der Waals surface area contributed by atoms with Gasteiger partial charge in [0.2, 0.25) is 0 Å². The molecule has 0 radical (unpaired) electrons. The van der Waals surface area contributed by atoms with Crippen LogP contribution in [0.15, 0.2) is 67.0 Å². The van der Waals surface area contributed by atoms with Crippen LogP contribution in [0.25, 0.3) is 0 Å². The van der Waals surface area contributed by atoms with Gasteiger partial charge in [-0.3, -0.25) is 25.2 Å². The topological polar surface area (TPSA) is 124 Å². The number of carbonyl (C=O) groups is 2. The number of nitro benzene ring substituents is 1. The maximum atomic E-state index is 12.9. The van der Waals surface area contributed by atoms with Crippen molar-refractivity contribution in [2.75, 3.05) is 18.6 Å². The molecule has 35 heavy (non-hydrogen) atoms. The molecule has 0 aliphatic heterocycles. The fourth-order valence-electron chi connectivity index (χ4n) is 3.15. The van der Waals surface area contributed by atoms with Gasteiger partial charge in [0.05, 0.1) is 30.7 Å². The van der Waals surface area contributed by atoms with Crippen LogP contribution in [0.4, 0.5) is 11.4 Å². The predicted molar refractivity (Wildman–Crippen MR) is 133 cm³/mol. The number of ether oxygens (including phenoxy) is 2. The number of nitrogens with one attached hydrogen (secondary N) is 1. The molecule has 0 fully saturated rings. The monoisotopic (exact) mass is 494 g/mol. The molecule has 1 N–H and O–H groups in total. The van der Waals surface area contributed by atoms with Crippen molar-refractivity contribution in [3.63, 3.8) is 0 Å². The molecule has 0 aliphatic carbocycles. The molecule has 0 bridgehead atoms. The molecule has 0 atom stereocenters. The second kappa shape index (κ2) is 11.7. The van der Waals surface area contributed by atoms with Gasteiger partial charge in [-0.15, -0.1) is 0 Å². The third-order valence-corrected chi connectivity index (χ3v) is 5.21. The lowest BCUT2D eigenvalue weighted by molar-refractivity contribution is -0.385. The quantitative estimate of drug-likeness (QED) is 0.215. The number of nitro groups is 1. The van der Waals surface area contributed by atoms with Crippen LogP contribution in [0, 0.1) is 10.1 Å². The van der Waals surface area contributed by atoms with Crippen molar-refractivity contribution in [2.24, 2.45) is 0 Å². The number of methoxy groups -OCH3 is 1. The fourth-order valence-corrected chi connectivity index (χ4v) is 3.42. The van der Waals surface area contributed by atoms with Crippen molar-refractivity contribution in [1.82, 2.24) is 10.3 Å². The minimum Gasteiger partial charge on any atom is -0.490 e. The summed E-state index contributed by atoms with van der Waals surface area (Å²) >= 11 is 5.52. The van der Waals surface area contributed by atoms with Crippen molar-refractivity contribution in [2.45, 2.75) is 13.5 Å². The SMILES string of the molecule is CCOC(=O)c1ccc(N(Cc2ccncc2)C(=S)NC(=O)c2ccc(OC)c([N+](=O)[O-])c2)cc1. The number of thiocarbonyl (C=S) groups is 1. The Balaban J connectivity index is 1.87. The average molecular weight is 495 g/mol. The van der Waals surface area contributed by atoms with E-state index in [0.717, 1.165) is 11.6 Å². The zero-order valence-electron chi connectivity index (χ0n) is 19.0. The van der Waals surface area contributed by atoms with E-state index in [2.05, 4.69) is 10.3 Å². The minimum atomic E-state index is -0.630. The summed E-state index contributed by atoms with van der Waals surface area (Å²) < 4.78 is 10.00. The molecule has 0 spiro atoms. The number of esters is 1. The van der Waals surface area contributed by atoms with Gasteiger partial charge < -0.3 is 14.4 Å². The van der Waals surface area contributed by atoms with Crippen LogP contribution in [-0.2, 0) is 11.3 Å². The van der Waals surface area contributed by atoms with Crippen LogP contribution in [0.5, 0.6) is 5.75 Å². The summed E-state index contributed by atoms with van der Waals surface area (Å²) in [6.07, 6.45) is 3.27. The predicted octanol–water partition coefficient (Wildman–Crippen LogP) is 3.90. The van der Waals surface area contributed by atoms with Gasteiger partial charge in [0, 0.05) is 29.7 Å². The Morgan fingerprint density at radius 2 is 1.74 bits per heavy atom. The van der Waals surface area contributed by atoms with Gasteiger partial charge in [-0.05, 0) is 73.2 Å². The number of hydrogen-bond donors (Lipinski definition) is 1. The first kappa shape index (κ1) is 25.2. The maximum absolute atomic E-state index is 12.9. The lowest BCUT2D eigenvalue weighted by atomic mass is 10.1. The van der Waals surface area contributed by atoms with Gasteiger partial charge in [0.15, 0.2) is 10.9 Å². The van der Waals surface area contributed by atoms with Crippen molar-refractivity contribution >= 4 is 40.6 Å². The van der Waals surface area contributed by atoms with Gasteiger partial charge in [-0.1, -0.05) is 0 Å². The van der Waals surface area contributed by atoms with Crippen LogP contribution < -0.4 is 15.0 Å². The summed E-state index contributed by atoms with van der Waals surface area (Å²) in [6, 6.07) is 14.1. The maximum Gasteiger partial charge on any atom is 0.338 e. The molecule has 3 aromatic rings. The van der Waals surface area contributed by atoms with E-state index in [1.54, 1.807) is 60.6 Å². The van der Waals surface area contributed by atoms with Gasteiger partial charge in [-0.25, -0.2) is 4.79 Å². The summed E-state index contributed by atoms with van der Waals surface area (Å²) in [5, 5.41) is 14.0. The minimum absolute atomic E-state index is 0.0372. The molecule has 0 unspecified atom stereocenters. The second-order valence-corrected chi connectivity index (χ2v) is 7.50. The van der Waals surface area contributed by atoms with E-state index in [1.807, 2.05) is 0 Å². The van der Waals surface area contributed by atoms with Gasteiger partial charge >= 0.3 is 11.7 Å². The van der Waals surface area contributed by atoms with Crippen LogP contribution in [0.1, 0.15) is 33.2 Å². The standard InChI is InChI=1S/C24H22N4O6S/c1-3-34-23(30)17-4-7-19(8-5-17)27(15-16-10-12-25-13-11-16)24(35)26-22(29)18-6-9-21(33-2)20(14-18)28(31)32/h4-14H,3,15H2,1-2H3,(H,26,29,35). The Hall–Kier alpha value is -4.38. The molecule has 1 amide bonds. The van der Waals surface area contributed by atoms with Crippen LogP contribution >= 0.6 is 12.2 Å². The number of pyridine rings is 1. The number of hydrogen-bond acceptors (Lipinski definition) is 8. The average Bonchev–Trinajstić information content (AvgIpc) is 2.87. The summed E-state index contributed by atoms with van der Waals surface area (Å²) in [4.78, 5) is 41.2. The molecule has 11 heteroatoms. The molecule has 3 rings (SSSR count). The first-order valence-corrected chi connectivity index (χ1v) is 10.9. The number of carbonyl (C=O) groups excluding carboxylic acids is 2. The molecule has 0 aliphatic rings. The highest BCUT2D eigenvalue weighted by Gasteiger charge is 2.21. The highest BCUT2D eigenvalue weighted by molar-refractivity contribution is 7.80. The van der Waals surface area contributed by atoms with Gasteiger partial charge in [0.1, 0.15) is 0 Å². The summed E-state index contributed by atoms with van der Waals surface area (Å²) in [5.41, 5.74) is 1.56. The van der Waals surface area contributed by atoms with E-state index in [0.29, 0.717) is 17.8 Å². The molecular formula is C24H22N4O6S. The molecular weight excluding hydrogens is 472 g/mol.